The predicted octanol–water partition coefficient (Wildman–Crippen LogP) is 13.5. The van der Waals surface area contributed by atoms with Gasteiger partial charge in [-0.15, -0.1) is 0 Å². The Hall–Kier alpha value is -6.97. The lowest BCUT2D eigenvalue weighted by Gasteiger charge is -2.21. The number of rotatable bonds is 4. The first-order valence-electron chi connectivity index (χ1n) is 18.9. The molecule has 55 heavy (non-hydrogen) atoms. The molecule has 1 aromatic heterocycles. The van der Waals surface area contributed by atoms with Gasteiger partial charge in [0.15, 0.2) is 17.5 Å². The second-order valence-corrected chi connectivity index (χ2v) is 15.2. The van der Waals surface area contributed by atoms with Crippen LogP contribution in [0.4, 0.5) is 0 Å². The van der Waals surface area contributed by atoms with Gasteiger partial charge in [0, 0.05) is 22.1 Å². The van der Waals surface area contributed by atoms with Crippen molar-refractivity contribution in [3.05, 3.63) is 187 Å². The van der Waals surface area contributed by atoms with Crippen molar-refractivity contribution in [1.82, 2.24) is 15.0 Å². The Morgan fingerprint density at radius 2 is 0.927 bits per heavy atom. The fraction of sp³-hybridized carbons (Fsp3) is 0.0577. The summed E-state index contributed by atoms with van der Waals surface area (Å²) in [5.41, 5.74) is 10.5. The lowest BCUT2D eigenvalue weighted by molar-refractivity contribution is 0.661. The molecule has 0 saturated carbocycles. The molecule has 9 aromatic carbocycles. The van der Waals surface area contributed by atoms with Crippen LogP contribution in [-0.2, 0) is 5.41 Å². The minimum atomic E-state index is -0.0672. The smallest absolute Gasteiger partial charge is 0.165 e. The summed E-state index contributed by atoms with van der Waals surface area (Å²) in [6, 6.07) is 63.1. The molecule has 1 aliphatic rings. The van der Waals surface area contributed by atoms with E-state index in [1.807, 2.05) is 36.4 Å². The molecule has 1 heterocycles. The van der Waals surface area contributed by atoms with Gasteiger partial charge in [-0.25, -0.2) is 15.0 Å². The predicted molar refractivity (Wildman–Crippen MR) is 229 cm³/mol. The third-order valence-corrected chi connectivity index (χ3v) is 11.7. The largest absolute Gasteiger partial charge is 0.208 e. The minimum Gasteiger partial charge on any atom is -0.208 e. The van der Waals surface area contributed by atoms with Crippen molar-refractivity contribution in [2.45, 2.75) is 19.3 Å². The van der Waals surface area contributed by atoms with Gasteiger partial charge in [-0.05, 0) is 82.5 Å². The molecule has 3 heteroatoms. The molecule has 0 radical (unpaired) electrons. The van der Waals surface area contributed by atoms with Gasteiger partial charge in [0.1, 0.15) is 0 Å². The normalized spacial score (nSPS) is 13.1. The molecule has 11 rings (SSSR count). The summed E-state index contributed by atoms with van der Waals surface area (Å²) in [5, 5.41) is 9.86. The Morgan fingerprint density at radius 1 is 0.345 bits per heavy atom. The summed E-state index contributed by atoms with van der Waals surface area (Å²) < 4.78 is 0. The zero-order valence-corrected chi connectivity index (χ0v) is 30.6. The first-order valence-corrected chi connectivity index (χ1v) is 18.9. The van der Waals surface area contributed by atoms with Crippen molar-refractivity contribution in [3.63, 3.8) is 0 Å². The van der Waals surface area contributed by atoms with Crippen molar-refractivity contribution in [3.8, 4) is 56.4 Å². The molecule has 0 saturated heterocycles. The molecule has 0 aliphatic heterocycles. The van der Waals surface area contributed by atoms with Crippen LogP contribution < -0.4 is 0 Å². The fourth-order valence-corrected chi connectivity index (χ4v) is 9.00. The number of fused-ring (bicyclic) bond motifs is 10. The van der Waals surface area contributed by atoms with Gasteiger partial charge < -0.3 is 0 Å². The highest BCUT2D eigenvalue weighted by Gasteiger charge is 2.36. The van der Waals surface area contributed by atoms with Crippen LogP contribution in [0.5, 0.6) is 0 Å². The molecular weight excluding hydrogens is 667 g/mol. The lowest BCUT2D eigenvalue weighted by Crippen LogP contribution is -2.14. The first kappa shape index (κ1) is 31.5. The summed E-state index contributed by atoms with van der Waals surface area (Å²) in [6.07, 6.45) is 0. The monoisotopic (exact) mass is 701 g/mol. The molecule has 0 bridgehead atoms. The average Bonchev–Trinajstić information content (AvgIpc) is 3.49. The van der Waals surface area contributed by atoms with Crippen LogP contribution in [0.1, 0.15) is 25.0 Å². The van der Waals surface area contributed by atoms with Crippen LogP contribution in [0.15, 0.2) is 176 Å². The average molecular weight is 702 g/mol. The molecule has 0 atom stereocenters. The fourth-order valence-electron chi connectivity index (χ4n) is 9.00. The van der Waals surface area contributed by atoms with Gasteiger partial charge in [0.05, 0.1) is 0 Å². The van der Waals surface area contributed by atoms with Crippen LogP contribution in [0.25, 0.3) is 99.5 Å². The van der Waals surface area contributed by atoms with Crippen molar-refractivity contribution in [2.24, 2.45) is 0 Å². The summed E-state index contributed by atoms with van der Waals surface area (Å²) >= 11 is 0. The lowest BCUT2D eigenvalue weighted by atomic mass is 9.81. The number of nitrogens with zero attached hydrogens (tertiary/aromatic N) is 3. The number of hydrogen-bond acceptors (Lipinski definition) is 3. The van der Waals surface area contributed by atoms with Crippen LogP contribution >= 0.6 is 0 Å². The Labute approximate surface area is 319 Å². The van der Waals surface area contributed by atoms with Gasteiger partial charge in [-0.2, -0.15) is 0 Å². The van der Waals surface area contributed by atoms with Crippen molar-refractivity contribution in [2.75, 3.05) is 0 Å². The number of aromatic nitrogens is 3. The van der Waals surface area contributed by atoms with E-state index >= 15 is 0 Å². The van der Waals surface area contributed by atoms with E-state index in [4.69, 9.17) is 15.0 Å². The van der Waals surface area contributed by atoms with Crippen LogP contribution in [0.3, 0.4) is 0 Å². The van der Waals surface area contributed by atoms with E-state index in [1.54, 1.807) is 0 Å². The third-order valence-electron chi connectivity index (χ3n) is 11.7. The zero-order chi connectivity index (χ0) is 36.7. The maximum atomic E-state index is 5.21. The van der Waals surface area contributed by atoms with Gasteiger partial charge in [0.2, 0.25) is 0 Å². The molecule has 0 fully saturated rings. The van der Waals surface area contributed by atoms with Crippen LogP contribution in [0.2, 0.25) is 0 Å². The Balaban J connectivity index is 1.17. The molecule has 0 N–H and O–H groups in total. The molecule has 3 nitrogen and oxygen atoms in total. The topological polar surface area (TPSA) is 38.7 Å². The van der Waals surface area contributed by atoms with Gasteiger partial charge in [0.25, 0.3) is 0 Å². The van der Waals surface area contributed by atoms with E-state index in [0.29, 0.717) is 17.5 Å². The Morgan fingerprint density at radius 3 is 1.67 bits per heavy atom. The maximum absolute atomic E-state index is 5.21. The summed E-state index contributed by atoms with van der Waals surface area (Å²) in [6.45, 7) is 4.72. The van der Waals surface area contributed by atoms with Crippen molar-refractivity contribution >= 4 is 43.1 Å². The highest BCUT2D eigenvalue weighted by Crippen LogP contribution is 2.53. The van der Waals surface area contributed by atoms with Crippen molar-refractivity contribution in [1.29, 1.82) is 0 Å². The SMILES string of the molecule is CC1(C)c2ccccc2-c2c1ccc1ccc3ccc4cc(-c5ccc6ccccc6c5-c5nc(-c6ccccc6)nc(-c6ccccc6)n5)ccc4c3c21. The molecule has 258 valence electrons. The summed E-state index contributed by atoms with van der Waals surface area (Å²) in [5.74, 6) is 1.95. The third kappa shape index (κ3) is 4.86. The minimum absolute atomic E-state index is 0.0672. The van der Waals surface area contributed by atoms with E-state index in [9.17, 15) is 0 Å². The Bertz CT molecular complexity index is 3110. The highest BCUT2D eigenvalue weighted by atomic mass is 15.0. The molecule has 10 aromatic rings. The van der Waals surface area contributed by atoms with Crippen molar-refractivity contribution < 1.29 is 0 Å². The number of hydrogen-bond donors (Lipinski definition) is 0. The number of benzene rings is 9. The zero-order valence-electron chi connectivity index (χ0n) is 30.6. The van der Waals surface area contributed by atoms with Gasteiger partial charge >= 0.3 is 0 Å². The molecule has 0 amide bonds. The van der Waals surface area contributed by atoms with E-state index in [-0.39, 0.29) is 5.41 Å². The molecular formula is C52H35N3. The van der Waals surface area contributed by atoms with Crippen LogP contribution in [0, 0.1) is 0 Å². The van der Waals surface area contributed by atoms with Gasteiger partial charge in [-0.1, -0.05) is 184 Å². The van der Waals surface area contributed by atoms with E-state index in [2.05, 4.69) is 153 Å². The van der Waals surface area contributed by atoms with E-state index < -0.39 is 0 Å². The summed E-state index contributed by atoms with van der Waals surface area (Å²) in [7, 11) is 0. The summed E-state index contributed by atoms with van der Waals surface area (Å²) in [4.78, 5) is 15.4. The first-order chi connectivity index (χ1) is 27.0. The quantitative estimate of drug-likeness (QED) is 0.171. The standard InChI is InChI=1S/C52H35N3/c1-52(2)43-20-12-11-19-42(43)48-44(52)30-27-34-22-21-33-23-24-37-31-38(26-29-40(37)45(33)46(34)48)41-28-25-32-13-9-10-18-39(32)47(41)51-54-49(35-14-5-3-6-15-35)53-50(55-51)36-16-7-4-8-17-36/h3-31H,1-2H3. The second-order valence-electron chi connectivity index (χ2n) is 15.2. The van der Waals surface area contributed by atoms with Gasteiger partial charge in [-0.3, -0.25) is 0 Å². The Kier molecular flexibility index (Phi) is 6.90. The van der Waals surface area contributed by atoms with E-state index in [1.165, 1.54) is 54.6 Å². The molecule has 1 aliphatic carbocycles. The van der Waals surface area contributed by atoms with Crippen LogP contribution in [-0.4, -0.2) is 15.0 Å². The highest BCUT2D eigenvalue weighted by molar-refractivity contribution is 6.25. The maximum Gasteiger partial charge on any atom is 0.165 e. The molecule has 0 spiro atoms. The van der Waals surface area contributed by atoms with E-state index in [0.717, 1.165) is 38.6 Å². The molecule has 0 unspecified atom stereocenters. The second kappa shape index (κ2) is 12.0.